The maximum Gasteiger partial charge on any atom is 0.224 e. The van der Waals surface area contributed by atoms with Gasteiger partial charge < -0.3 is 20.5 Å². The molecule has 1 aliphatic heterocycles. The second kappa shape index (κ2) is 7.66. The Labute approximate surface area is 145 Å². The molecular formula is C18H24F2N2O3. The average molecular weight is 354 g/mol. The highest BCUT2D eigenvalue weighted by molar-refractivity contribution is 5.81. The number of halogens is 2. The van der Waals surface area contributed by atoms with Crippen LogP contribution in [-0.2, 0) is 9.53 Å². The van der Waals surface area contributed by atoms with Gasteiger partial charge in [-0.1, -0.05) is 6.07 Å². The zero-order chi connectivity index (χ0) is 18.0. The van der Waals surface area contributed by atoms with E-state index in [2.05, 4.69) is 5.32 Å². The Hall–Kier alpha value is -1.73. The Bertz CT molecular complexity index is 628. The van der Waals surface area contributed by atoms with Crippen LogP contribution >= 0.6 is 0 Å². The number of rotatable bonds is 5. The van der Waals surface area contributed by atoms with Crippen molar-refractivity contribution >= 4 is 5.91 Å². The summed E-state index contributed by atoms with van der Waals surface area (Å²) in [6.07, 6.45) is -0.115. The molecule has 1 saturated carbocycles. The minimum Gasteiger partial charge on any atom is -0.494 e. The van der Waals surface area contributed by atoms with E-state index < -0.39 is 23.9 Å². The zero-order valence-corrected chi connectivity index (χ0v) is 14.2. The third-order valence-corrected chi connectivity index (χ3v) is 5.19. The van der Waals surface area contributed by atoms with E-state index in [0.717, 1.165) is 0 Å². The second-order valence-corrected chi connectivity index (χ2v) is 6.69. The summed E-state index contributed by atoms with van der Waals surface area (Å²) in [6.45, 7) is 0.676. The normalized spacial score (nSPS) is 32.0. The Morgan fingerprint density at radius 2 is 2.16 bits per heavy atom. The van der Waals surface area contributed by atoms with Crippen LogP contribution in [-0.4, -0.2) is 38.4 Å². The van der Waals surface area contributed by atoms with Gasteiger partial charge in [0.2, 0.25) is 5.91 Å². The summed E-state index contributed by atoms with van der Waals surface area (Å²) >= 11 is 0. The van der Waals surface area contributed by atoms with Crippen LogP contribution in [0.15, 0.2) is 18.2 Å². The van der Waals surface area contributed by atoms with Crippen LogP contribution < -0.4 is 15.8 Å². The molecule has 1 aromatic carbocycles. The first-order valence-electron chi connectivity index (χ1n) is 8.64. The summed E-state index contributed by atoms with van der Waals surface area (Å²) in [5.74, 6) is -1.06. The van der Waals surface area contributed by atoms with E-state index >= 15 is 0 Å². The van der Waals surface area contributed by atoms with Gasteiger partial charge in [0.15, 0.2) is 11.6 Å². The number of nitrogens with one attached hydrogen (secondary N) is 1. The number of carbonyl (C=O) groups is 1. The number of nitrogens with two attached hydrogens (primary N) is 1. The molecule has 2 fully saturated rings. The first kappa shape index (κ1) is 18.1. The second-order valence-electron chi connectivity index (χ2n) is 6.69. The summed E-state index contributed by atoms with van der Waals surface area (Å²) in [5, 5.41) is 2.90. The molecule has 5 atom stereocenters. The number of hydrogen-bond acceptors (Lipinski definition) is 4. The molecule has 7 heteroatoms. The Morgan fingerprint density at radius 3 is 2.84 bits per heavy atom. The molecule has 1 amide bonds. The van der Waals surface area contributed by atoms with Crippen molar-refractivity contribution in [2.75, 3.05) is 20.3 Å². The maximum absolute atomic E-state index is 14.1. The lowest BCUT2D eigenvalue weighted by molar-refractivity contribution is -0.144. The molecule has 0 radical (unpaired) electrons. The topological polar surface area (TPSA) is 73.6 Å². The number of ether oxygens (including phenoxy) is 2. The third kappa shape index (κ3) is 3.62. The molecule has 3 N–H and O–H groups in total. The van der Waals surface area contributed by atoms with Gasteiger partial charge in [-0.2, -0.15) is 0 Å². The van der Waals surface area contributed by atoms with Crippen molar-refractivity contribution in [2.24, 2.45) is 17.6 Å². The smallest absolute Gasteiger partial charge is 0.224 e. The van der Waals surface area contributed by atoms with E-state index in [-0.39, 0.29) is 30.1 Å². The van der Waals surface area contributed by atoms with Gasteiger partial charge in [-0.15, -0.1) is 0 Å². The van der Waals surface area contributed by atoms with Gasteiger partial charge in [0, 0.05) is 12.5 Å². The fraction of sp³-hybridized carbons (Fsp3) is 0.611. The summed E-state index contributed by atoms with van der Waals surface area (Å²) < 4.78 is 38.8. The molecule has 1 saturated heterocycles. The van der Waals surface area contributed by atoms with Crippen LogP contribution in [0.1, 0.15) is 30.9 Å². The molecule has 3 rings (SSSR count). The molecule has 0 bridgehead atoms. The van der Waals surface area contributed by atoms with Crippen LogP contribution in [0.2, 0.25) is 0 Å². The number of fused-ring (bicyclic) bond motifs is 1. The number of piperidine rings is 1. The van der Waals surface area contributed by atoms with E-state index in [4.69, 9.17) is 15.2 Å². The van der Waals surface area contributed by atoms with Crippen molar-refractivity contribution in [3.8, 4) is 5.75 Å². The van der Waals surface area contributed by atoms with E-state index in [1.54, 1.807) is 6.07 Å². The quantitative estimate of drug-likeness (QED) is 0.849. The summed E-state index contributed by atoms with van der Waals surface area (Å²) in [7, 11) is 1.40. The van der Waals surface area contributed by atoms with Crippen molar-refractivity contribution in [3.63, 3.8) is 0 Å². The molecule has 138 valence electrons. The fourth-order valence-electron chi connectivity index (χ4n) is 4.00. The summed E-state index contributed by atoms with van der Waals surface area (Å²) in [4.78, 5) is 12.5. The summed E-state index contributed by atoms with van der Waals surface area (Å²) in [6, 6.07) is 4.11. The largest absolute Gasteiger partial charge is 0.494 e. The molecule has 0 aromatic heterocycles. The van der Waals surface area contributed by atoms with Gasteiger partial charge in [-0.3, -0.25) is 4.79 Å². The van der Waals surface area contributed by atoms with Gasteiger partial charge in [0.25, 0.3) is 0 Å². The zero-order valence-electron chi connectivity index (χ0n) is 14.2. The monoisotopic (exact) mass is 354 g/mol. The first-order chi connectivity index (χ1) is 12.0. The molecule has 1 heterocycles. The number of amides is 1. The van der Waals surface area contributed by atoms with Gasteiger partial charge >= 0.3 is 0 Å². The van der Waals surface area contributed by atoms with Crippen molar-refractivity contribution < 1.29 is 23.0 Å². The minimum absolute atomic E-state index is 0.0949. The average Bonchev–Trinajstić information content (AvgIpc) is 2.61. The van der Waals surface area contributed by atoms with Gasteiger partial charge in [0.05, 0.1) is 25.9 Å². The standard InChI is InChI=1S/C18H24F2N2O3/c1-24-15-5-2-10(8-14(15)20)16-17(25-7-6-21)12-4-3-11(19)9-13(12)18(23)22-16/h2,5,8,11-13,16-17H,3-4,6-7,9,21H2,1H3,(H,22,23). The number of benzene rings is 1. The number of carbonyl (C=O) groups excluding carboxylic acids is 1. The van der Waals surface area contributed by atoms with E-state index in [1.165, 1.54) is 19.2 Å². The van der Waals surface area contributed by atoms with Crippen molar-refractivity contribution in [1.82, 2.24) is 5.32 Å². The van der Waals surface area contributed by atoms with Crippen LogP contribution in [0.4, 0.5) is 8.78 Å². The molecular weight excluding hydrogens is 330 g/mol. The Morgan fingerprint density at radius 1 is 1.36 bits per heavy atom. The lowest BCUT2D eigenvalue weighted by atomic mass is 9.70. The lowest BCUT2D eigenvalue weighted by Gasteiger charge is -2.45. The molecule has 5 nitrogen and oxygen atoms in total. The predicted molar refractivity (Wildman–Crippen MR) is 88.4 cm³/mol. The SMILES string of the molecule is COc1ccc(C2NC(=O)C3CC(F)CCC3C2OCCN)cc1F. The minimum atomic E-state index is -0.961. The lowest BCUT2D eigenvalue weighted by Crippen LogP contribution is -2.55. The van der Waals surface area contributed by atoms with Crippen molar-refractivity contribution in [2.45, 2.75) is 37.6 Å². The number of hydrogen-bond donors (Lipinski definition) is 2. The first-order valence-corrected chi connectivity index (χ1v) is 8.64. The number of alkyl halides is 1. The highest BCUT2D eigenvalue weighted by Crippen LogP contribution is 2.43. The van der Waals surface area contributed by atoms with Crippen molar-refractivity contribution in [1.29, 1.82) is 0 Å². The fourth-order valence-corrected chi connectivity index (χ4v) is 4.00. The highest BCUT2D eigenvalue weighted by atomic mass is 19.1. The van der Waals surface area contributed by atoms with Crippen LogP contribution in [0.3, 0.4) is 0 Å². The Balaban J connectivity index is 1.90. The predicted octanol–water partition coefficient (Wildman–Crippen LogP) is 2.10. The molecule has 0 spiro atoms. The molecule has 2 aliphatic rings. The van der Waals surface area contributed by atoms with E-state index in [9.17, 15) is 13.6 Å². The van der Waals surface area contributed by atoms with Crippen LogP contribution in [0.5, 0.6) is 5.75 Å². The maximum atomic E-state index is 14.1. The molecule has 25 heavy (non-hydrogen) atoms. The highest BCUT2D eigenvalue weighted by Gasteiger charge is 2.48. The summed E-state index contributed by atoms with van der Waals surface area (Å²) in [5.41, 5.74) is 6.17. The van der Waals surface area contributed by atoms with Gasteiger partial charge in [-0.05, 0) is 42.9 Å². The van der Waals surface area contributed by atoms with E-state index in [1.807, 2.05) is 0 Å². The van der Waals surface area contributed by atoms with Gasteiger partial charge in [0.1, 0.15) is 6.17 Å². The van der Waals surface area contributed by atoms with Crippen LogP contribution in [0, 0.1) is 17.7 Å². The molecule has 1 aliphatic carbocycles. The van der Waals surface area contributed by atoms with Gasteiger partial charge in [-0.25, -0.2) is 8.78 Å². The number of methoxy groups -OCH3 is 1. The van der Waals surface area contributed by atoms with E-state index in [0.29, 0.717) is 31.6 Å². The third-order valence-electron chi connectivity index (χ3n) is 5.19. The van der Waals surface area contributed by atoms with Crippen molar-refractivity contribution in [3.05, 3.63) is 29.6 Å². The molecule has 1 aromatic rings. The molecule has 5 unspecified atom stereocenters. The van der Waals surface area contributed by atoms with Crippen LogP contribution in [0.25, 0.3) is 0 Å². The Kier molecular flexibility index (Phi) is 5.54.